The fourth-order valence-corrected chi connectivity index (χ4v) is 4.08. The molecule has 1 aliphatic carbocycles. The van der Waals surface area contributed by atoms with Crippen molar-refractivity contribution in [3.8, 4) is 0 Å². The van der Waals surface area contributed by atoms with E-state index in [-0.39, 0.29) is 23.2 Å². The summed E-state index contributed by atoms with van der Waals surface area (Å²) in [5.41, 5.74) is 0. The van der Waals surface area contributed by atoms with Crippen LogP contribution >= 0.6 is 11.6 Å². The minimum absolute atomic E-state index is 0.0342. The molecule has 0 saturated heterocycles. The third-order valence-electron chi connectivity index (χ3n) is 3.94. The lowest BCUT2D eigenvalue weighted by atomic mass is 10.3. The molecule has 138 valence electrons. The van der Waals surface area contributed by atoms with Crippen LogP contribution in [0.2, 0.25) is 5.02 Å². The first kappa shape index (κ1) is 18.5. The van der Waals surface area contributed by atoms with Crippen LogP contribution in [0.4, 0.5) is 0 Å². The van der Waals surface area contributed by atoms with Crippen LogP contribution in [0.3, 0.4) is 0 Å². The molecule has 0 spiro atoms. The largest absolute Gasteiger partial charge is 0.468 e. The molecular weight excluding hydrogens is 380 g/mol. The van der Waals surface area contributed by atoms with Gasteiger partial charge in [0, 0.05) is 17.6 Å². The average molecular weight is 397 g/mol. The van der Waals surface area contributed by atoms with Crippen LogP contribution in [-0.4, -0.2) is 32.8 Å². The first-order valence-electron chi connectivity index (χ1n) is 7.99. The Morgan fingerprint density at radius 3 is 2.42 bits per heavy atom. The van der Waals surface area contributed by atoms with Crippen LogP contribution in [0, 0.1) is 0 Å². The van der Waals surface area contributed by atoms with Crippen molar-refractivity contribution >= 4 is 33.3 Å². The fraction of sp³-hybridized carbons (Fsp3) is 0.294. The molecule has 0 unspecified atom stereocenters. The summed E-state index contributed by atoms with van der Waals surface area (Å²) < 4.78 is 31.2. The van der Waals surface area contributed by atoms with Crippen molar-refractivity contribution in [3.05, 3.63) is 53.4 Å². The van der Waals surface area contributed by atoms with E-state index in [2.05, 4.69) is 10.6 Å². The number of rotatable bonds is 6. The van der Waals surface area contributed by atoms with Gasteiger partial charge in [-0.15, -0.1) is 0 Å². The standard InChI is InChI=1S/C17H17ClN2O5S/c18-11-3-7-13(8-4-11)26(23,24)15(14-2-1-9-25-14)10-19-16(21)17(22)20-12-5-6-12/h1-4,7-9,12,15H,5-6,10H2,(H,19,21)(H,20,22)/t15-/m0/s1. The zero-order valence-electron chi connectivity index (χ0n) is 13.6. The van der Waals surface area contributed by atoms with Gasteiger partial charge in [-0.3, -0.25) is 9.59 Å². The van der Waals surface area contributed by atoms with E-state index in [1.165, 1.54) is 36.6 Å². The van der Waals surface area contributed by atoms with Gasteiger partial charge in [-0.05, 0) is 49.2 Å². The molecule has 2 N–H and O–H groups in total. The van der Waals surface area contributed by atoms with Gasteiger partial charge in [0.25, 0.3) is 0 Å². The van der Waals surface area contributed by atoms with Gasteiger partial charge in [0.2, 0.25) is 0 Å². The van der Waals surface area contributed by atoms with E-state index in [0.717, 1.165) is 12.8 Å². The van der Waals surface area contributed by atoms with Gasteiger partial charge >= 0.3 is 11.8 Å². The fourth-order valence-electron chi connectivity index (χ4n) is 2.37. The van der Waals surface area contributed by atoms with Gasteiger partial charge in [0.05, 0.1) is 11.2 Å². The molecule has 2 amide bonds. The average Bonchev–Trinajstić information content (AvgIpc) is 3.26. The number of carbonyl (C=O) groups excluding carboxylic acids is 2. The van der Waals surface area contributed by atoms with E-state index in [4.69, 9.17) is 16.0 Å². The van der Waals surface area contributed by atoms with E-state index in [1.54, 1.807) is 6.07 Å². The molecule has 1 fully saturated rings. The summed E-state index contributed by atoms with van der Waals surface area (Å²) >= 11 is 5.81. The van der Waals surface area contributed by atoms with Gasteiger partial charge < -0.3 is 15.1 Å². The number of benzene rings is 1. The Hall–Kier alpha value is -2.32. The van der Waals surface area contributed by atoms with Gasteiger partial charge in [0.15, 0.2) is 9.84 Å². The zero-order valence-corrected chi connectivity index (χ0v) is 15.2. The maximum atomic E-state index is 13.0. The lowest BCUT2D eigenvalue weighted by Gasteiger charge is -2.16. The van der Waals surface area contributed by atoms with Gasteiger partial charge in [-0.1, -0.05) is 11.6 Å². The number of sulfone groups is 1. The molecule has 1 atom stereocenters. The molecule has 2 aromatic rings. The molecule has 7 nitrogen and oxygen atoms in total. The minimum Gasteiger partial charge on any atom is -0.468 e. The molecule has 9 heteroatoms. The summed E-state index contributed by atoms with van der Waals surface area (Å²) in [4.78, 5) is 23.7. The highest BCUT2D eigenvalue weighted by molar-refractivity contribution is 7.91. The summed E-state index contributed by atoms with van der Waals surface area (Å²) in [5.74, 6) is -1.47. The highest BCUT2D eigenvalue weighted by Gasteiger charge is 2.33. The van der Waals surface area contributed by atoms with Gasteiger partial charge in [0.1, 0.15) is 11.0 Å². The van der Waals surface area contributed by atoms with Crippen molar-refractivity contribution in [2.45, 2.75) is 29.0 Å². The number of amides is 2. The Kier molecular flexibility index (Phi) is 5.33. The number of carbonyl (C=O) groups is 2. The number of hydrogen-bond donors (Lipinski definition) is 2. The summed E-state index contributed by atoms with van der Waals surface area (Å²) in [6.45, 7) is -0.296. The molecule has 0 aliphatic heterocycles. The molecule has 0 bridgehead atoms. The Bertz CT molecular complexity index is 890. The van der Waals surface area contributed by atoms with E-state index in [0.29, 0.717) is 5.02 Å². The highest BCUT2D eigenvalue weighted by Crippen LogP contribution is 2.29. The first-order chi connectivity index (χ1) is 12.4. The predicted octanol–water partition coefficient (Wildman–Crippen LogP) is 1.84. The van der Waals surface area contributed by atoms with Crippen molar-refractivity contribution in [3.63, 3.8) is 0 Å². The highest BCUT2D eigenvalue weighted by atomic mass is 35.5. The maximum absolute atomic E-state index is 13.0. The maximum Gasteiger partial charge on any atom is 0.309 e. The second-order valence-corrected chi connectivity index (χ2v) is 8.53. The Morgan fingerprint density at radius 1 is 1.15 bits per heavy atom. The number of furan rings is 1. The summed E-state index contributed by atoms with van der Waals surface area (Å²) in [7, 11) is -3.87. The smallest absolute Gasteiger partial charge is 0.309 e. The van der Waals surface area contributed by atoms with Crippen LogP contribution in [0.1, 0.15) is 23.9 Å². The molecule has 1 aromatic heterocycles. The lowest BCUT2D eigenvalue weighted by Crippen LogP contribution is -2.43. The molecular formula is C17H17ClN2O5S. The van der Waals surface area contributed by atoms with E-state index in [1.807, 2.05) is 0 Å². The van der Waals surface area contributed by atoms with Crippen LogP contribution in [0.25, 0.3) is 0 Å². The number of hydrogen-bond acceptors (Lipinski definition) is 5. The third-order valence-corrected chi connectivity index (χ3v) is 6.27. The van der Waals surface area contributed by atoms with Crippen molar-refractivity contribution in [1.82, 2.24) is 10.6 Å². The quantitative estimate of drug-likeness (QED) is 0.725. The molecule has 1 aliphatic rings. The van der Waals surface area contributed by atoms with Crippen molar-refractivity contribution in [2.75, 3.05) is 6.54 Å². The monoisotopic (exact) mass is 396 g/mol. The van der Waals surface area contributed by atoms with Crippen LogP contribution in [-0.2, 0) is 19.4 Å². The van der Waals surface area contributed by atoms with E-state index >= 15 is 0 Å². The minimum atomic E-state index is -3.87. The molecule has 0 radical (unpaired) electrons. The van der Waals surface area contributed by atoms with Crippen molar-refractivity contribution < 1.29 is 22.4 Å². The predicted molar refractivity (Wildman–Crippen MR) is 94.3 cm³/mol. The van der Waals surface area contributed by atoms with Crippen LogP contribution in [0.15, 0.2) is 52.0 Å². The molecule has 1 aromatic carbocycles. The third kappa shape index (κ3) is 4.25. The van der Waals surface area contributed by atoms with Crippen molar-refractivity contribution in [1.29, 1.82) is 0 Å². The molecule has 1 heterocycles. The van der Waals surface area contributed by atoms with Crippen LogP contribution in [0.5, 0.6) is 0 Å². The first-order valence-corrected chi connectivity index (χ1v) is 9.92. The van der Waals surface area contributed by atoms with E-state index in [9.17, 15) is 18.0 Å². The molecule has 26 heavy (non-hydrogen) atoms. The van der Waals surface area contributed by atoms with E-state index < -0.39 is 26.9 Å². The van der Waals surface area contributed by atoms with Crippen LogP contribution < -0.4 is 10.6 Å². The Labute approximate surface area is 155 Å². The summed E-state index contributed by atoms with van der Waals surface area (Å²) in [6, 6.07) is 8.80. The van der Waals surface area contributed by atoms with Gasteiger partial charge in [-0.25, -0.2) is 8.42 Å². The summed E-state index contributed by atoms with van der Waals surface area (Å²) in [5, 5.41) is 4.16. The zero-order chi connectivity index (χ0) is 18.7. The second-order valence-electron chi connectivity index (χ2n) is 5.96. The second kappa shape index (κ2) is 7.51. The molecule has 1 saturated carbocycles. The summed E-state index contributed by atoms with van der Waals surface area (Å²) in [6.07, 6.45) is 3.04. The normalized spacial score (nSPS) is 15.3. The Balaban J connectivity index is 1.78. The lowest BCUT2D eigenvalue weighted by molar-refractivity contribution is -0.139. The number of nitrogens with one attached hydrogen (secondary N) is 2. The topological polar surface area (TPSA) is 105 Å². The number of halogens is 1. The molecule has 3 rings (SSSR count). The van der Waals surface area contributed by atoms with Gasteiger partial charge in [-0.2, -0.15) is 0 Å². The Morgan fingerprint density at radius 2 is 1.85 bits per heavy atom. The van der Waals surface area contributed by atoms with Crippen molar-refractivity contribution in [2.24, 2.45) is 0 Å². The SMILES string of the molecule is O=C(NC[C@@H](c1ccco1)S(=O)(=O)c1ccc(Cl)cc1)C(=O)NC1CC1.